The van der Waals surface area contributed by atoms with Gasteiger partial charge < -0.3 is 15.2 Å². The molecule has 0 saturated heterocycles. The zero-order valence-electron chi connectivity index (χ0n) is 11.6. The van der Waals surface area contributed by atoms with Crippen molar-refractivity contribution in [2.45, 2.75) is 36.8 Å². The summed E-state index contributed by atoms with van der Waals surface area (Å²) in [5.74, 6) is 0.285. The second-order valence-corrected chi connectivity index (χ2v) is 6.46. The lowest BCUT2D eigenvalue weighted by Crippen LogP contribution is -2.47. The van der Waals surface area contributed by atoms with Gasteiger partial charge in [-0.15, -0.1) is 0 Å². The van der Waals surface area contributed by atoms with Gasteiger partial charge in [0.2, 0.25) is 10.0 Å². The van der Waals surface area contributed by atoms with Crippen LogP contribution in [-0.2, 0) is 14.8 Å². The molecule has 0 spiro atoms. The van der Waals surface area contributed by atoms with Gasteiger partial charge in [-0.1, -0.05) is 0 Å². The molecule has 0 amide bonds. The highest BCUT2D eigenvalue weighted by Crippen LogP contribution is 2.29. The molecule has 0 unspecified atom stereocenters. The van der Waals surface area contributed by atoms with Crippen molar-refractivity contribution in [2.24, 2.45) is 0 Å². The Labute approximate surface area is 119 Å². The average Bonchev–Trinajstić information content (AvgIpc) is 2.36. The van der Waals surface area contributed by atoms with E-state index in [1.54, 1.807) is 12.1 Å². The summed E-state index contributed by atoms with van der Waals surface area (Å²) in [6.07, 6.45) is 1.53. The monoisotopic (exact) mass is 300 g/mol. The summed E-state index contributed by atoms with van der Waals surface area (Å²) in [6.45, 7) is 2.57. The molecule has 2 rings (SSSR count). The summed E-state index contributed by atoms with van der Waals surface area (Å²) in [4.78, 5) is 0.0693. The molecular weight excluding hydrogens is 280 g/mol. The van der Waals surface area contributed by atoms with Crippen molar-refractivity contribution < 1.29 is 17.9 Å². The van der Waals surface area contributed by atoms with Gasteiger partial charge in [-0.25, -0.2) is 13.1 Å². The summed E-state index contributed by atoms with van der Waals surface area (Å²) < 4.78 is 37.8. The van der Waals surface area contributed by atoms with Crippen molar-refractivity contribution in [1.29, 1.82) is 0 Å². The number of ether oxygens (including phenoxy) is 2. The molecule has 1 aliphatic rings. The van der Waals surface area contributed by atoms with Crippen LogP contribution in [0.1, 0.15) is 19.8 Å². The van der Waals surface area contributed by atoms with E-state index < -0.39 is 10.0 Å². The minimum absolute atomic E-state index is 0.0693. The molecule has 20 heavy (non-hydrogen) atoms. The zero-order chi connectivity index (χ0) is 14.8. The van der Waals surface area contributed by atoms with E-state index >= 15 is 0 Å². The fourth-order valence-corrected chi connectivity index (χ4v) is 3.69. The van der Waals surface area contributed by atoms with Gasteiger partial charge in [0.25, 0.3) is 0 Å². The van der Waals surface area contributed by atoms with E-state index in [1.807, 2.05) is 6.92 Å². The number of hydrogen-bond donors (Lipinski definition) is 2. The minimum atomic E-state index is -3.63. The van der Waals surface area contributed by atoms with Gasteiger partial charge >= 0.3 is 0 Å². The van der Waals surface area contributed by atoms with Crippen LogP contribution in [0.25, 0.3) is 0 Å². The zero-order valence-corrected chi connectivity index (χ0v) is 12.4. The van der Waals surface area contributed by atoms with Crippen molar-refractivity contribution in [1.82, 2.24) is 4.72 Å². The summed E-state index contributed by atoms with van der Waals surface area (Å²) in [7, 11) is -2.20. The van der Waals surface area contributed by atoms with Crippen LogP contribution in [0.2, 0.25) is 0 Å². The predicted molar refractivity (Wildman–Crippen MR) is 76.2 cm³/mol. The van der Waals surface area contributed by atoms with Gasteiger partial charge in [0.05, 0.1) is 13.2 Å². The van der Waals surface area contributed by atoms with Gasteiger partial charge in [-0.05, 0) is 38.0 Å². The second-order valence-electron chi connectivity index (χ2n) is 4.78. The third-order valence-corrected chi connectivity index (χ3v) is 4.84. The third-order valence-electron chi connectivity index (χ3n) is 3.30. The summed E-state index contributed by atoms with van der Waals surface area (Å²) >= 11 is 0. The normalized spacial score (nSPS) is 22.3. The van der Waals surface area contributed by atoms with E-state index in [-0.39, 0.29) is 22.8 Å². The van der Waals surface area contributed by atoms with Crippen molar-refractivity contribution in [3.05, 3.63) is 18.2 Å². The number of nitrogen functional groups attached to an aromatic ring is 1. The van der Waals surface area contributed by atoms with Crippen LogP contribution in [0, 0.1) is 0 Å². The molecular formula is C13H20N2O4S. The average molecular weight is 300 g/mol. The van der Waals surface area contributed by atoms with Crippen molar-refractivity contribution >= 4 is 15.7 Å². The molecule has 0 bridgehead atoms. The summed E-state index contributed by atoms with van der Waals surface area (Å²) in [5.41, 5.74) is 6.03. The second kappa shape index (κ2) is 5.99. The molecule has 1 fully saturated rings. The SMILES string of the molecule is CCOC1CC(NS(=O)(=O)c2cc(N)ccc2OC)C1. The fraction of sp³-hybridized carbons (Fsp3) is 0.538. The maximum atomic E-state index is 12.3. The molecule has 0 aliphatic heterocycles. The molecule has 1 aromatic carbocycles. The number of nitrogens with one attached hydrogen (secondary N) is 1. The van der Waals surface area contributed by atoms with Crippen molar-refractivity contribution in [3.63, 3.8) is 0 Å². The maximum absolute atomic E-state index is 12.3. The standard InChI is InChI=1S/C13H20N2O4S/c1-3-19-11-7-10(8-11)15-20(16,17)13-6-9(14)4-5-12(13)18-2/h4-6,10-11,15H,3,7-8,14H2,1-2H3. The van der Waals surface area contributed by atoms with Gasteiger partial charge in [-0.3, -0.25) is 0 Å². The Morgan fingerprint density at radius 3 is 2.70 bits per heavy atom. The Balaban J connectivity index is 2.10. The molecule has 0 aromatic heterocycles. The molecule has 0 heterocycles. The van der Waals surface area contributed by atoms with Crippen LogP contribution in [0.15, 0.2) is 23.1 Å². The first-order valence-corrected chi connectivity index (χ1v) is 8.02. The number of anilines is 1. The summed E-state index contributed by atoms with van der Waals surface area (Å²) in [5, 5.41) is 0. The quantitative estimate of drug-likeness (QED) is 0.768. The number of hydrogen-bond acceptors (Lipinski definition) is 5. The Bertz CT molecular complexity index is 568. The molecule has 1 aromatic rings. The number of benzene rings is 1. The maximum Gasteiger partial charge on any atom is 0.244 e. The number of methoxy groups -OCH3 is 1. The minimum Gasteiger partial charge on any atom is -0.495 e. The van der Waals surface area contributed by atoms with Crippen molar-refractivity contribution in [3.8, 4) is 5.75 Å². The highest BCUT2D eigenvalue weighted by molar-refractivity contribution is 7.89. The van der Waals surface area contributed by atoms with Crippen LogP contribution in [0.3, 0.4) is 0 Å². The fourth-order valence-electron chi connectivity index (χ4n) is 2.22. The topological polar surface area (TPSA) is 90.7 Å². The lowest BCUT2D eigenvalue weighted by Gasteiger charge is -2.35. The van der Waals surface area contributed by atoms with Crippen LogP contribution in [0.5, 0.6) is 5.75 Å². The molecule has 1 aliphatic carbocycles. The Kier molecular flexibility index (Phi) is 4.52. The summed E-state index contributed by atoms with van der Waals surface area (Å²) in [6, 6.07) is 4.46. The van der Waals surface area contributed by atoms with Crippen molar-refractivity contribution in [2.75, 3.05) is 19.5 Å². The molecule has 112 valence electrons. The van der Waals surface area contributed by atoms with Gasteiger partial charge in [-0.2, -0.15) is 0 Å². The Morgan fingerprint density at radius 1 is 1.40 bits per heavy atom. The third kappa shape index (κ3) is 3.23. The molecule has 3 N–H and O–H groups in total. The molecule has 0 atom stereocenters. The lowest BCUT2D eigenvalue weighted by atomic mass is 9.90. The van der Waals surface area contributed by atoms with E-state index in [1.165, 1.54) is 13.2 Å². The molecule has 1 saturated carbocycles. The van der Waals surface area contributed by atoms with E-state index in [0.29, 0.717) is 25.1 Å². The van der Waals surface area contributed by atoms with Crippen LogP contribution in [-0.4, -0.2) is 34.3 Å². The van der Waals surface area contributed by atoms with Gasteiger partial charge in [0.15, 0.2) is 0 Å². The van der Waals surface area contributed by atoms with E-state index in [2.05, 4.69) is 4.72 Å². The smallest absolute Gasteiger partial charge is 0.244 e. The predicted octanol–water partition coefficient (Wildman–Crippen LogP) is 1.12. The first kappa shape index (κ1) is 15.1. The molecule has 6 nitrogen and oxygen atoms in total. The van der Waals surface area contributed by atoms with Crippen LogP contribution >= 0.6 is 0 Å². The molecule has 0 radical (unpaired) electrons. The van der Waals surface area contributed by atoms with Crippen LogP contribution < -0.4 is 15.2 Å². The van der Waals surface area contributed by atoms with Crippen LogP contribution in [0.4, 0.5) is 5.69 Å². The highest BCUT2D eigenvalue weighted by atomic mass is 32.2. The van der Waals surface area contributed by atoms with Gasteiger partial charge in [0.1, 0.15) is 10.6 Å². The largest absolute Gasteiger partial charge is 0.495 e. The Morgan fingerprint density at radius 2 is 2.10 bits per heavy atom. The van der Waals surface area contributed by atoms with E-state index in [4.69, 9.17) is 15.2 Å². The number of rotatable bonds is 6. The molecule has 7 heteroatoms. The van der Waals surface area contributed by atoms with E-state index in [0.717, 1.165) is 0 Å². The van der Waals surface area contributed by atoms with E-state index in [9.17, 15) is 8.42 Å². The first-order valence-electron chi connectivity index (χ1n) is 6.53. The lowest BCUT2D eigenvalue weighted by molar-refractivity contribution is -0.00476. The first-order chi connectivity index (χ1) is 9.46. The Hall–Kier alpha value is -1.31. The number of nitrogens with two attached hydrogens (primary N) is 1. The highest BCUT2D eigenvalue weighted by Gasteiger charge is 2.34. The number of sulfonamides is 1. The van der Waals surface area contributed by atoms with Gasteiger partial charge in [0, 0.05) is 18.3 Å².